The van der Waals surface area contributed by atoms with Crippen molar-refractivity contribution in [1.29, 1.82) is 5.26 Å². The Morgan fingerprint density at radius 1 is 1.14 bits per heavy atom. The van der Waals surface area contributed by atoms with Crippen molar-refractivity contribution < 1.29 is 4.79 Å². The van der Waals surface area contributed by atoms with E-state index in [1.54, 1.807) is 4.57 Å². The van der Waals surface area contributed by atoms with Crippen molar-refractivity contribution in [1.82, 2.24) is 19.8 Å². The quantitative estimate of drug-likeness (QED) is 0.262. The molecule has 1 aromatic heterocycles. The predicted molar refractivity (Wildman–Crippen MR) is 170 cm³/mol. The van der Waals surface area contributed by atoms with Crippen LogP contribution in [0.3, 0.4) is 0 Å². The number of carbonyl (C=O) groups is 1. The third-order valence-corrected chi connectivity index (χ3v) is 8.30. The highest BCUT2D eigenvalue weighted by atomic mass is 16.2. The molecule has 1 amide bonds. The van der Waals surface area contributed by atoms with Crippen LogP contribution in [0.2, 0.25) is 0 Å². The molecule has 2 aromatic carbocycles. The summed E-state index contributed by atoms with van der Waals surface area (Å²) >= 11 is 0. The van der Waals surface area contributed by atoms with Crippen molar-refractivity contribution in [2.45, 2.75) is 76.9 Å². The number of para-hydroxylation sites is 1. The smallest absolute Gasteiger partial charge is 0.350 e. The van der Waals surface area contributed by atoms with Crippen LogP contribution < -0.4 is 16.3 Å². The van der Waals surface area contributed by atoms with Crippen LogP contribution in [0.5, 0.6) is 0 Å². The van der Waals surface area contributed by atoms with Crippen LogP contribution in [0.15, 0.2) is 65.5 Å². The SMILES string of the molecule is CN(C)CCCn1c(=O)nc(NC(CCC2(C)CCCC2)C(=O)NC(C#N)C/C=C/c2ccccc2)c2ccccc21. The summed E-state index contributed by atoms with van der Waals surface area (Å²) < 4.78 is 1.71. The first-order chi connectivity index (χ1) is 20.3. The number of nitrogens with one attached hydrogen (secondary N) is 2. The van der Waals surface area contributed by atoms with Gasteiger partial charge in [0.05, 0.1) is 11.6 Å². The summed E-state index contributed by atoms with van der Waals surface area (Å²) in [5.41, 5.74) is 1.69. The zero-order valence-corrected chi connectivity index (χ0v) is 25.2. The molecular formula is C34H44N6O2. The van der Waals surface area contributed by atoms with E-state index >= 15 is 0 Å². The van der Waals surface area contributed by atoms with Crippen molar-refractivity contribution in [3.8, 4) is 6.07 Å². The van der Waals surface area contributed by atoms with Crippen LogP contribution >= 0.6 is 0 Å². The number of aryl methyl sites for hydroxylation is 1. The van der Waals surface area contributed by atoms with Gasteiger partial charge in [0, 0.05) is 11.9 Å². The molecule has 2 N–H and O–H groups in total. The molecule has 2 atom stereocenters. The maximum atomic E-state index is 13.7. The first-order valence-corrected chi connectivity index (χ1v) is 15.1. The second-order valence-corrected chi connectivity index (χ2v) is 12.1. The number of hydrogen-bond acceptors (Lipinski definition) is 6. The number of carbonyl (C=O) groups excluding carboxylic acids is 1. The van der Waals surface area contributed by atoms with Crippen molar-refractivity contribution in [2.24, 2.45) is 5.41 Å². The second kappa shape index (κ2) is 14.8. The number of amides is 1. The van der Waals surface area contributed by atoms with Crippen molar-refractivity contribution >= 4 is 28.7 Å². The monoisotopic (exact) mass is 568 g/mol. The molecule has 42 heavy (non-hydrogen) atoms. The Labute approximate surface area is 249 Å². The van der Waals surface area contributed by atoms with Gasteiger partial charge in [0.15, 0.2) is 0 Å². The summed E-state index contributed by atoms with van der Waals surface area (Å²) in [5.74, 6) is 0.158. The van der Waals surface area contributed by atoms with Gasteiger partial charge in [-0.1, -0.05) is 74.4 Å². The highest BCUT2D eigenvalue weighted by molar-refractivity contribution is 5.92. The van der Waals surface area contributed by atoms with E-state index in [2.05, 4.69) is 33.5 Å². The van der Waals surface area contributed by atoms with E-state index in [9.17, 15) is 14.9 Å². The average molecular weight is 569 g/mol. The lowest BCUT2D eigenvalue weighted by molar-refractivity contribution is -0.122. The van der Waals surface area contributed by atoms with Crippen LogP contribution in [-0.2, 0) is 11.3 Å². The first-order valence-electron chi connectivity index (χ1n) is 15.1. The van der Waals surface area contributed by atoms with Crippen LogP contribution in [0.1, 0.15) is 63.9 Å². The van der Waals surface area contributed by atoms with Gasteiger partial charge < -0.3 is 15.5 Å². The van der Waals surface area contributed by atoms with Gasteiger partial charge in [-0.3, -0.25) is 9.36 Å². The van der Waals surface area contributed by atoms with Gasteiger partial charge >= 0.3 is 5.69 Å². The lowest BCUT2D eigenvalue weighted by Gasteiger charge is -2.27. The molecule has 1 saturated carbocycles. The maximum Gasteiger partial charge on any atom is 0.350 e. The average Bonchev–Trinajstić information content (AvgIpc) is 3.42. The molecule has 2 unspecified atom stereocenters. The van der Waals surface area contributed by atoms with Gasteiger partial charge in [-0.25, -0.2) is 4.79 Å². The molecule has 8 heteroatoms. The predicted octanol–water partition coefficient (Wildman–Crippen LogP) is 5.60. The van der Waals surface area contributed by atoms with Gasteiger partial charge in [-0.15, -0.1) is 0 Å². The Bertz CT molecular complexity index is 1450. The van der Waals surface area contributed by atoms with E-state index in [1.807, 2.05) is 80.8 Å². The van der Waals surface area contributed by atoms with Crippen molar-refractivity contribution in [3.63, 3.8) is 0 Å². The molecule has 3 aromatic rings. The topological polar surface area (TPSA) is 103 Å². The normalized spacial score (nSPS) is 16.0. The van der Waals surface area contributed by atoms with Crippen LogP contribution in [0, 0.1) is 16.7 Å². The van der Waals surface area contributed by atoms with Crippen molar-refractivity contribution in [3.05, 3.63) is 76.7 Å². The Morgan fingerprint density at radius 2 is 1.86 bits per heavy atom. The summed E-state index contributed by atoms with van der Waals surface area (Å²) in [6.07, 6.45) is 11.3. The number of hydrogen-bond donors (Lipinski definition) is 2. The number of nitriles is 1. The highest BCUT2D eigenvalue weighted by Crippen LogP contribution is 2.41. The van der Waals surface area contributed by atoms with E-state index in [4.69, 9.17) is 0 Å². The number of fused-ring (bicyclic) bond motifs is 1. The standard InChI is InChI=1S/C34H44N6O2/c1-34(20-9-10-21-34)22-19-29(32(41)36-27(25-35)16-11-15-26-13-5-4-6-14-26)37-31-28-17-7-8-18-30(28)40(33(42)38-31)24-12-23-39(2)3/h4-8,11,13-15,17-18,27,29H,9-10,12,16,19-24H2,1-3H3,(H,36,41)(H,37,38,42)/b15-11+. The third-order valence-electron chi connectivity index (χ3n) is 8.30. The van der Waals surface area contributed by atoms with Crippen molar-refractivity contribution in [2.75, 3.05) is 26.0 Å². The Balaban J connectivity index is 1.55. The number of rotatable bonds is 14. The maximum absolute atomic E-state index is 13.7. The fourth-order valence-corrected chi connectivity index (χ4v) is 5.83. The summed E-state index contributed by atoms with van der Waals surface area (Å²) in [4.78, 5) is 33.4. The minimum Gasteiger partial charge on any atom is -0.358 e. The van der Waals surface area contributed by atoms with Crippen LogP contribution in [0.4, 0.5) is 5.82 Å². The molecule has 0 bridgehead atoms. The zero-order chi connectivity index (χ0) is 30.0. The Hall–Kier alpha value is -3.96. The molecule has 0 aliphatic heterocycles. The minimum absolute atomic E-state index is 0.193. The molecular weight excluding hydrogens is 524 g/mol. The molecule has 222 valence electrons. The van der Waals surface area contributed by atoms with E-state index in [0.717, 1.165) is 48.7 Å². The summed E-state index contributed by atoms with van der Waals surface area (Å²) in [7, 11) is 4.03. The lowest BCUT2D eigenvalue weighted by atomic mass is 9.82. The number of nitrogens with zero attached hydrogens (tertiary/aromatic N) is 4. The molecule has 1 aliphatic rings. The van der Waals surface area contributed by atoms with Gasteiger partial charge in [0.25, 0.3) is 0 Å². The fraction of sp³-hybridized carbons (Fsp3) is 0.471. The number of anilines is 1. The minimum atomic E-state index is -0.668. The van der Waals surface area contributed by atoms with Gasteiger partial charge in [-0.2, -0.15) is 10.2 Å². The molecule has 4 rings (SSSR count). The fourth-order valence-electron chi connectivity index (χ4n) is 5.83. The largest absolute Gasteiger partial charge is 0.358 e. The first kappa shape index (κ1) is 31.0. The van der Waals surface area contributed by atoms with Crippen LogP contribution in [0.25, 0.3) is 17.0 Å². The lowest BCUT2D eigenvalue weighted by Crippen LogP contribution is -2.45. The summed E-state index contributed by atoms with van der Waals surface area (Å²) in [6, 6.07) is 18.5. The molecule has 0 radical (unpaired) electrons. The van der Waals surface area contributed by atoms with Gasteiger partial charge in [-0.05, 0) is 82.3 Å². The van der Waals surface area contributed by atoms with E-state index in [1.165, 1.54) is 12.8 Å². The zero-order valence-electron chi connectivity index (χ0n) is 25.2. The highest BCUT2D eigenvalue weighted by Gasteiger charge is 2.31. The second-order valence-electron chi connectivity index (χ2n) is 12.1. The molecule has 1 fully saturated rings. The molecule has 1 aliphatic carbocycles. The summed E-state index contributed by atoms with van der Waals surface area (Å²) in [6.45, 7) is 3.72. The number of aromatic nitrogens is 2. The van der Waals surface area contributed by atoms with Gasteiger partial charge in [0.2, 0.25) is 5.91 Å². The molecule has 0 saturated heterocycles. The van der Waals surface area contributed by atoms with E-state index in [-0.39, 0.29) is 17.0 Å². The molecule has 1 heterocycles. The van der Waals surface area contributed by atoms with E-state index < -0.39 is 12.1 Å². The van der Waals surface area contributed by atoms with Crippen LogP contribution in [-0.4, -0.2) is 53.1 Å². The summed E-state index contributed by atoms with van der Waals surface area (Å²) in [5, 5.41) is 16.9. The number of benzene rings is 2. The molecule has 8 nitrogen and oxygen atoms in total. The Kier molecular flexibility index (Phi) is 10.9. The Morgan fingerprint density at radius 3 is 2.57 bits per heavy atom. The third kappa shape index (κ3) is 8.53. The van der Waals surface area contributed by atoms with Gasteiger partial charge in [0.1, 0.15) is 17.9 Å². The van der Waals surface area contributed by atoms with E-state index in [0.29, 0.717) is 25.2 Å². The molecule has 0 spiro atoms.